The number of halogens is 1. The smallest absolute Gasteiger partial charge is 0.283 e. The van der Waals surface area contributed by atoms with Gasteiger partial charge in [-0.2, -0.15) is 5.10 Å². The maximum Gasteiger partial charge on any atom is 0.283 e. The third-order valence-corrected chi connectivity index (χ3v) is 6.60. The molecule has 162 valence electrons. The van der Waals surface area contributed by atoms with Crippen molar-refractivity contribution >= 4 is 27.5 Å². The number of carbonyl (C=O) groups excluding carboxylic acids is 1. The van der Waals surface area contributed by atoms with Crippen LogP contribution in [-0.2, 0) is 17.9 Å². The lowest BCUT2D eigenvalue weighted by Crippen LogP contribution is -2.35. The summed E-state index contributed by atoms with van der Waals surface area (Å²) >= 11 is 3.39. The molecule has 0 aromatic carbocycles. The molecule has 1 saturated carbocycles. The van der Waals surface area contributed by atoms with E-state index in [1.54, 1.807) is 18.6 Å². The van der Waals surface area contributed by atoms with Gasteiger partial charge in [-0.25, -0.2) is 4.68 Å². The van der Waals surface area contributed by atoms with E-state index in [-0.39, 0.29) is 18.0 Å². The maximum atomic E-state index is 12.6. The van der Waals surface area contributed by atoms with Crippen molar-refractivity contribution in [1.82, 2.24) is 20.1 Å². The molecule has 2 N–H and O–H groups in total. The minimum absolute atomic E-state index is 0.126. The molecule has 0 atom stereocenters. The van der Waals surface area contributed by atoms with Crippen LogP contribution in [0.5, 0.6) is 0 Å². The first-order valence-electron chi connectivity index (χ1n) is 10.4. The molecule has 8 heteroatoms. The molecule has 0 bridgehead atoms. The second-order valence-electron chi connectivity index (χ2n) is 9.03. The molecule has 1 aliphatic carbocycles. The fraction of sp³-hybridized carbons (Fsp3) is 0.545. The van der Waals surface area contributed by atoms with Gasteiger partial charge in [0.15, 0.2) is 0 Å². The molecule has 30 heavy (non-hydrogen) atoms. The predicted molar refractivity (Wildman–Crippen MR) is 121 cm³/mol. The topological polar surface area (TPSA) is 88.9 Å². The Balaban J connectivity index is 1.56. The highest BCUT2D eigenvalue weighted by molar-refractivity contribution is 9.10. The number of anilines is 1. The van der Waals surface area contributed by atoms with E-state index in [1.807, 2.05) is 12.1 Å². The highest BCUT2D eigenvalue weighted by atomic mass is 79.9. The van der Waals surface area contributed by atoms with E-state index in [2.05, 4.69) is 57.4 Å². The SMILES string of the molecule is CC(C)(C)C1CCC(Nc2cnn(CC(=O)NCc3ccncc3)c(=O)c2Br)CC1. The maximum absolute atomic E-state index is 12.6. The molecule has 2 aromatic rings. The zero-order chi connectivity index (χ0) is 21.7. The van der Waals surface area contributed by atoms with Crippen LogP contribution in [0.2, 0.25) is 0 Å². The van der Waals surface area contributed by atoms with Crippen molar-refractivity contribution in [2.24, 2.45) is 11.3 Å². The Bertz CT molecular complexity index is 915. The average molecular weight is 476 g/mol. The second-order valence-corrected chi connectivity index (χ2v) is 9.82. The van der Waals surface area contributed by atoms with Crippen LogP contribution in [0.1, 0.15) is 52.0 Å². The standard InChI is InChI=1S/C22H30BrN5O2/c1-22(2,3)16-4-6-17(7-5-16)27-18-13-26-28(21(30)20(18)23)14-19(29)25-12-15-8-10-24-11-9-15/h8-11,13,16-17,27H,4-7,12,14H2,1-3H3,(H,25,29). The molecular formula is C22H30BrN5O2. The molecule has 1 amide bonds. The molecule has 1 aliphatic rings. The Morgan fingerprint density at radius 1 is 1.20 bits per heavy atom. The number of rotatable bonds is 6. The quantitative estimate of drug-likeness (QED) is 0.663. The van der Waals surface area contributed by atoms with Gasteiger partial charge >= 0.3 is 0 Å². The van der Waals surface area contributed by atoms with Gasteiger partial charge in [0.05, 0.1) is 11.9 Å². The predicted octanol–water partition coefficient (Wildman–Crippen LogP) is 3.73. The Morgan fingerprint density at radius 2 is 1.87 bits per heavy atom. The summed E-state index contributed by atoms with van der Waals surface area (Å²) in [5, 5.41) is 10.4. The fourth-order valence-electron chi connectivity index (χ4n) is 3.90. The minimum Gasteiger partial charge on any atom is -0.380 e. The van der Waals surface area contributed by atoms with Crippen LogP contribution in [0.3, 0.4) is 0 Å². The zero-order valence-electron chi connectivity index (χ0n) is 17.8. The summed E-state index contributed by atoms with van der Waals surface area (Å²) in [5.41, 5.74) is 1.65. The van der Waals surface area contributed by atoms with Crippen molar-refractivity contribution in [2.45, 2.75) is 65.6 Å². The molecule has 7 nitrogen and oxygen atoms in total. The van der Waals surface area contributed by atoms with Crippen LogP contribution in [0.4, 0.5) is 5.69 Å². The zero-order valence-corrected chi connectivity index (χ0v) is 19.4. The molecule has 1 fully saturated rings. The van der Waals surface area contributed by atoms with Gasteiger partial charge < -0.3 is 10.6 Å². The average Bonchev–Trinajstić information content (AvgIpc) is 2.72. The minimum atomic E-state index is -0.317. The van der Waals surface area contributed by atoms with E-state index >= 15 is 0 Å². The summed E-state index contributed by atoms with van der Waals surface area (Å²) in [6, 6.07) is 3.99. The molecule has 0 unspecified atom stereocenters. The van der Waals surface area contributed by atoms with Gasteiger partial charge in [0.1, 0.15) is 11.0 Å². The first-order chi connectivity index (χ1) is 14.2. The highest BCUT2D eigenvalue weighted by Gasteiger charge is 2.30. The lowest BCUT2D eigenvalue weighted by Gasteiger charge is -2.37. The number of nitrogens with zero attached hydrogens (tertiary/aromatic N) is 3. The molecule has 2 aromatic heterocycles. The normalized spacial score (nSPS) is 19.3. The summed E-state index contributed by atoms with van der Waals surface area (Å²) in [6.45, 7) is 7.17. The number of aromatic nitrogens is 3. The van der Waals surface area contributed by atoms with Gasteiger partial charge in [0, 0.05) is 25.0 Å². The number of hydrogen-bond acceptors (Lipinski definition) is 5. The summed E-state index contributed by atoms with van der Waals surface area (Å²) in [4.78, 5) is 28.8. The second kappa shape index (κ2) is 9.73. The molecule has 0 radical (unpaired) electrons. The van der Waals surface area contributed by atoms with Crippen LogP contribution >= 0.6 is 15.9 Å². The summed E-state index contributed by atoms with van der Waals surface area (Å²) < 4.78 is 1.59. The van der Waals surface area contributed by atoms with Crippen molar-refractivity contribution in [3.63, 3.8) is 0 Å². The first-order valence-corrected chi connectivity index (χ1v) is 11.2. The largest absolute Gasteiger partial charge is 0.380 e. The molecule has 0 saturated heterocycles. The number of hydrogen-bond donors (Lipinski definition) is 2. The van der Waals surface area contributed by atoms with E-state index in [0.717, 1.165) is 24.3 Å². The fourth-order valence-corrected chi connectivity index (χ4v) is 4.32. The van der Waals surface area contributed by atoms with Gasteiger partial charge in [-0.3, -0.25) is 14.6 Å². The van der Waals surface area contributed by atoms with Gasteiger partial charge in [-0.05, 0) is 70.6 Å². The third kappa shape index (κ3) is 5.90. The lowest BCUT2D eigenvalue weighted by atomic mass is 9.71. The van der Waals surface area contributed by atoms with E-state index in [0.29, 0.717) is 28.2 Å². The molecule has 0 aliphatic heterocycles. The summed E-state index contributed by atoms with van der Waals surface area (Å²) in [6.07, 6.45) is 9.49. The molecular weight excluding hydrogens is 446 g/mol. The van der Waals surface area contributed by atoms with Crippen LogP contribution in [0, 0.1) is 11.3 Å². The summed E-state index contributed by atoms with van der Waals surface area (Å²) in [7, 11) is 0. The molecule has 2 heterocycles. The van der Waals surface area contributed by atoms with E-state index in [1.165, 1.54) is 17.5 Å². The Kier molecular flexibility index (Phi) is 7.28. The number of carbonyl (C=O) groups is 1. The molecule has 0 spiro atoms. The van der Waals surface area contributed by atoms with Gasteiger partial charge in [0.2, 0.25) is 5.91 Å². The van der Waals surface area contributed by atoms with Crippen LogP contribution < -0.4 is 16.2 Å². The monoisotopic (exact) mass is 475 g/mol. The van der Waals surface area contributed by atoms with Crippen LogP contribution in [0.25, 0.3) is 0 Å². The summed E-state index contributed by atoms with van der Waals surface area (Å²) in [5.74, 6) is 0.463. The van der Waals surface area contributed by atoms with Crippen molar-refractivity contribution in [3.05, 3.63) is 51.1 Å². The third-order valence-electron chi connectivity index (χ3n) is 5.83. The number of nitrogens with one attached hydrogen (secondary N) is 2. The van der Waals surface area contributed by atoms with Gasteiger partial charge in [-0.1, -0.05) is 20.8 Å². The number of pyridine rings is 1. The van der Waals surface area contributed by atoms with Gasteiger partial charge in [-0.15, -0.1) is 0 Å². The Labute approximate surface area is 185 Å². The molecule has 3 rings (SSSR count). The van der Waals surface area contributed by atoms with Crippen molar-refractivity contribution in [3.8, 4) is 0 Å². The van der Waals surface area contributed by atoms with Crippen molar-refractivity contribution in [1.29, 1.82) is 0 Å². The van der Waals surface area contributed by atoms with E-state index < -0.39 is 0 Å². The number of amides is 1. The van der Waals surface area contributed by atoms with Crippen molar-refractivity contribution in [2.75, 3.05) is 5.32 Å². The van der Waals surface area contributed by atoms with Crippen LogP contribution in [0.15, 0.2) is 40.0 Å². The van der Waals surface area contributed by atoms with E-state index in [4.69, 9.17) is 0 Å². The Hall–Kier alpha value is -2.22. The lowest BCUT2D eigenvalue weighted by molar-refractivity contribution is -0.122. The Morgan fingerprint density at radius 3 is 2.50 bits per heavy atom. The van der Waals surface area contributed by atoms with Crippen LogP contribution in [-0.4, -0.2) is 26.7 Å². The highest BCUT2D eigenvalue weighted by Crippen LogP contribution is 2.38. The first kappa shape index (κ1) is 22.5. The van der Waals surface area contributed by atoms with Crippen molar-refractivity contribution < 1.29 is 4.79 Å². The van der Waals surface area contributed by atoms with Gasteiger partial charge in [0.25, 0.3) is 5.56 Å². The van der Waals surface area contributed by atoms with E-state index in [9.17, 15) is 9.59 Å².